The van der Waals surface area contributed by atoms with Crippen molar-refractivity contribution in [2.75, 3.05) is 13.1 Å². The van der Waals surface area contributed by atoms with Gasteiger partial charge in [-0.1, -0.05) is 0 Å². The normalized spacial score (nSPS) is 11.5. The Hall–Kier alpha value is -0.220. The Kier molecular flexibility index (Phi) is 3.75. The fourth-order valence-corrected chi connectivity index (χ4v) is 0.587. The van der Waals surface area contributed by atoms with Gasteiger partial charge < -0.3 is 10.4 Å². The fraction of sp³-hybridized carbons (Fsp3) is 0.833. The van der Waals surface area contributed by atoms with E-state index in [1.807, 2.05) is 13.8 Å². The van der Waals surface area contributed by atoms with Gasteiger partial charge in [-0.25, -0.2) is 0 Å². The highest BCUT2D eigenvalue weighted by atomic mass is 32.1. The van der Waals surface area contributed by atoms with E-state index in [4.69, 9.17) is 5.11 Å². The second-order valence-corrected chi connectivity index (χ2v) is 4.02. The number of carboxylic acids is 1. The molecule has 0 aromatic carbocycles. The Bertz CT molecular complexity index is 119. The third-order valence-corrected chi connectivity index (χ3v) is 0.992. The van der Waals surface area contributed by atoms with Gasteiger partial charge in [0.25, 0.3) is 0 Å². The highest BCUT2D eigenvalue weighted by molar-refractivity contribution is 7.81. The Morgan fingerprint density at radius 2 is 2.20 bits per heavy atom. The van der Waals surface area contributed by atoms with Crippen molar-refractivity contribution in [3.05, 3.63) is 0 Å². The first-order valence-corrected chi connectivity index (χ1v) is 3.51. The lowest BCUT2D eigenvalue weighted by Gasteiger charge is -2.16. The molecule has 10 heavy (non-hydrogen) atoms. The molecule has 0 fully saturated rings. The highest BCUT2D eigenvalue weighted by Crippen LogP contribution is 2.08. The van der Waals surface area contributed by atoms with Crippen molar-refractivity contribution >= 4 is 18.6 Å². The average Bonchev–Trinajstić information content (AvgIpc) is 1.59. The molecule has 2 N–H and O–H groups in total. The first-order valence-electron chi connectivity index (χ1n) is 3.07. The monoisotopic (exact) mass is 163 g/mol. The molecular weight excluding hydrogens is 150 g/mol. The van der Waals surface area contributed by atoms with E-state index in [-0.39, 0.29) is 11.3 Å². The molecule has 0 saturated carbocycles. The summed E-state index contributed by atoms with van der Waals surface area (Å²) in [5, 5.41) is 11.0. The van der Waals surface area contributed by atoms with Crippen LogP contribution in [-0.4, -0.2) is 28.9 Å². The zero-order valence-corrected chi connectivity index (χ0v) is 7.11. The summed E-state index contributed by atoms with van der Waals surface area (Å²) in [6.45, 7) is 4.45. The largest absolute Gasteiger partial charge is 0.480 e. The van der Waals surface area contributed by atoms with E-state index >= 15 is 0 Å². The van der Waals surface area contributed by atoms with Crippen LogP contribution >= 0.6 is 12.6 Å². The minimum absolute atomic E-state index is 0.00396. The lowest BCUT2D eigenvalue weighted by molar-refractivity contribution is -0.135. The van der Waals surface area contributed by atoms with Crippen molar-refractivity contribution in [1.82, 2.24) is 5.32 Å². The van der Waals surface area contributed by atoms with E-state index in [0.717, 1.165) is 0 Å². The lowest BCUT2D eigenvalue weighted by atomic mass is 10.2. The number of rotatable bonds is 4. The molecule has 60 valence electrons. The van der Waals surface area contributed by atoms with Crippen LogP contribution in [0.1, 0.15) is 13.8 Å². The number of aliphatic carboxylic acids is 1. The number of thiol groups is 1. The average molecular weight is 163 g/mol. The molecule has 0 atom stereocenters. The van der Waals surface area contributed by atoms with Gasteiger partial charge >= 0.3 is 5.97 Å². The number of carboxylic acid groups (broad SMARTS) is 1. The molecule has 0 aromatic heterocycles. The first kappa shape index (κ1) is 9.78. The van der Waals surface area contributed by atoms with Crippen molar-refractivity contribution in [3.63, 3.8) is 0 Å². The Morgan fingerprint density at radius 1 is 1.70 bits per heavy atom. The molecule has 0 aliphatic rings. The third kappa shape index (κ3) is 7.78. The molecule has 3 nitrogen and oxygen atoms in total. The SMILES string of the molecule is CC(C)(S)CNCC(=O)O. The molecule has 0 aliphatic carbocycles. The van der Waals surface area contributed by atoms with Crippen LogP contribution in [0.25, 0.3) is 0 Å². The zero-order chi connectivity index (χ0) is 8.20. The molecule has 0 rings (SSSR count). The Morgan fingerprint density at radius 3 is 2.50 bits per heavy atom. The van der Waals surface area contributed by atoms with Crippen LogP contribution in [0, 0.1) is 0 Å². The first-order chi connectivity index (χ1) is 4.42. The van der Waals surface area contributed by atoms with Gasteiger partial charge in [-0.05, 0) is 13.8 Å². The van der Waals surface area contributed by atoms with E-state index in [1.165, 1.54) is 0 Å². The van der Waals surface area contributed by atoms with Gasteiger partial charge in [-0.3, -0.25) is 4.79 Å². The molecule has 0 heterocycles. The topological polar surface area (TPSA) is 49.3 Å². The summed E-state index contributed by atoms with van der Waals surface area (Å²) in [4.78, 5) is 10.00. The second kappa shape index (κ2) is 3.83. The van der Waals surface area contributed by atoms with Gasteiger partial charge in [0.1, 0.15) is 0 Å². The standard InChI is InChI=1S/C6H13NO2S/c1-6(2,10)4-7-3-5(8)9/h7,10H,3-4H2,1-2H3,(H,8,9). The van der Waals surface area contributed by atoms with Crippen LogP contribution in [-0.2, 0) is 4.79 Å². The van der Waals surface area contributed by atoms with Crippen molar-refractivity contribution in [3.8, 4) is 0 Å². The summed E-state index contributed by atoms with van der Waals surface area (Å²) in [5.74, 6) is -0.836. The minimum Gasteiger partial charge on any atom is -0.480 e. The van der Waals surface area contributed by atoms with Crippen LogP contribution in [0.4, 0.5) is 0 Å². The summed E-state index contributed by atoms with van der Waals surface area (Å²) >= 11 is 4.20. The molecule has 0 spiro atoms. The van der Waals surface area contributed by atoms with Gasteiger partial charge in [0, 0.05) is 11.3 Å². The predicted molar refractivity (Wildman–Crippen MR) is 43.6 cm³/mol. The molecule has 0 aliphatic heterocycles. The van der Waals surface area contributed by atoms with E-state index in [9.17, 15) is 4.79 Å². The van der Waals surface area contributed by atoms with E-state index in [1.54, 1.807) is 0 Å². The minimum atomic E-state index is -0.836. The maximum Gasteiger partial charge on any atom is 0.317 e. The van der Waals surface area contributed by atoms with E-state index in [2.05, 4.69) is 17.9 Å². The summed E-state index contributed by atoms with van der Waals surface area (Å²) in [7, 11) is 0. The number of nitrogens with one attached hydrogen (secondary N) is 1. The quantitative estimate of drug-likeness (QED) is 0.525. The van der Waals surface area contributed by atoms with Gasteiger partial charge in [0.15, 0.2) is 0 Å². The number of hydrogen-bond acceptors (Lipinski definition) is 3. The van der Waals surface area contributed by atoms with Crippen LogP contribution in [0.15, 0.2) is 0 Å². The van der Waals surface area contributed by atoms with Crippen molar-refractivity contribution in [2.24, 2.45) is 0 Å². The van der Waals surface area contributed by atoms with Gasteiger partial charge in [-0.2, -0.15) is 12.6 Å². The molecular formula is C6H13NO2S. The fourth-order valence-electron chi connectivity index (χ4n) is 0.475. The van der Waals surface area contributed by atoms with Crippen LogP contribution < -0.4 is 5.32 Å². The van der Waals surface area contributed by atoms with Gasteiger partial charge in [0.05, 0.1) is 6.54 Å². The zero-order valence-electron chi connectivity index (χ0n) is 6.22. The maximum atomic E-state index is 10.00. The van der Waals surface area contributed by atoms with Crippen LogP contribution in [0.2, 0.25) is 0 Å². The molecule has 0 saturated heterocycles. The van der Waals surface area contributed by atoms with Crippen LogP contribution in [0.3, 0.4) is 0 Å². The van der Waals surface area contributed by atoms with Crippen molar-refractivity contribution < 1.29 is 9.90 Å². The number of hydrogen-bond donors (Lipinski definition) is 3. The maximum absolute atomic E-state index is 10.00. The van der Waals surface area contributed by atoms with Crippen LogP contribution in [0.5, 0.6) is 0 Å². The molecule has 4 heteroatoms. The van der Waals surface area contributed by atoms with Crippen molar-refractivity contribution in [2.45, 2.75) is 18.6 Å². The summed E-state index contributed by atoms with van der Waals surface area (Å²) < 4.78 is -0.143. The van der Waals surface area contributed by atoms with E-state index in [0.29, 0.717) is 6.54 Å². The summed E-state index contributed by atoms with van der Waals surface area (Å²) in [5.41, 5.74) is 0. The smallest absolute Gasteiger partial charge is 0.317 e. The summed E-state index contributed by atoms with van der Waals surface area (Å²) in [6.07, 6.45) is 0. The molecule has 0 bridgehead atoms. The van der Waals surface area contributed by atoms with Crippen molar-refractivity contribution in [1.29, 1.82) is 0 Å². The predicted octanol–water partition coefficient (Wildman–Crippen LogP) is 0.369. The van der Waals surface area contributed by atoms with E-state index < -0.39 is 5.97 Å². The lowest BCUT2D eigenvalue weighted by Crippen LogP contribution is -2.33. The molecule has 0 unspecified atom stereocenters. The third-order valence-electron chi connectivity index (χ3n) is 0.834. The molecule has 0 amide bonds. The molecule has 0 radical (unpaired) electrons. The Labute approximate surface area is 66.2 Å². The van der Waals surface area contributed by atoms with Gasteiger partial charge in [0.2, 0.25) is 0 Å². The molecule has 0 aromatic rings. The Balaban J connectivity index is 3.29. The van der Waals surface area contributed by atoms with Gasteiger partial charge in [-0.15, -0.1) is 0 Å². The number of carbonyl (C=O) groups is 1. The highest BCUT2D eigenvalue weighted by Gasteiger charge is 2.10. The summed E-state index contributed by atoms with van der Waals surface area (Å²) in [6, 6.07) is 0. The second-order valence-electron chi connectivity index (χ2n) is 2.81.